The maximum absolute atomic E-state index is 6.30. The summed E-state index contributed by atoms with van der Waals surface area (Å²) in [7, 11) is 0. The fourth-order valence-electron chi connectivity index (χ4n) is 2.45. The zero-order chi connectivity index (χ0) is 15.0. The highest BCUT2D eigenvalue weighted by Crippen LogP contribution is 2.29. The molecule has 110 valence electrons. The van der Waals surface area contributed by atoms with E-state index in [0.717, 1.165) is 28.4 Å². The van der Waals surface area contributed by atoms with Crippen molar-refractivity contribution in [2.24, 2.45) is 0 Å². The summed E-state index contributed by atoms with van der Waals surface area (Å²) in [6, 6.07) is 5.77. The number of nitrogens with zero attached hydrogens (tertiary/aromatic N) is 3. The molecular formula is C15H15Cl2N3S. The lowest BCUT2D eigenvalue weighted by atomic mass is 10.2. The summed E-state index contributed by atoms with van der Waals surface area (Å²) in [4.78, 5) is 9.03. The molecule has 0 spiro atoms. The molecule has 2 unspecified atom stereocenters. The number of imidazole rings is 1. The van der Waals surface area contributed by atoms with E-state index < -0.39 is 0 Å². The molecule has 0 bridgehead atoms. The molecule has 0 aliphatic heterocycles. The number of hydrogen-bond donors (Lipinski definition) is 0. The largest absolute Gasteiger partial charge is 0.326 e. The number of fused-ring (bicyclic) bond motifs is 1. The molecule has 3 rings (SSSR count). The second-order valence-corrected chi connectivity index (χ2v) is 7.12. The van der Waals surface area contributed by atoms with Crippen molar-refractivity contribution in [1.82, 2.24) is 14.5 Å². The van der Waals surface area contributed by atoms with Crippen LogP contribution in [-0.2, 0) is 6.54 Å². The molecule has 6 heteroatoms. The Morgan fingerprint density at radius 3 is 2.81 bits per heavy atom. The van der Waals surface area contributed by atoms with Gasteiger partial charge in [-0.2, -0.15) is 0 Å². The average molecular weight is 340 g/mol. The highest BCUT2D eigenvalue weighted by Gasteiger charge is 2.18. The summed E-state index contributed by atoms with van der Waals surface area (Å²) in [6.45, 7) is 4.91. The fraction of sp³-hybridized carbons (Fsp3) is 0.333. The van der Waals surface area contributed by atoms with Crippen molar-refractivity contribution in [2.75, 3.05) is 0 Å². The Hall–Kier alpha value is -1.10. The molecule has 2 atom stereocenters. The van der Waals surface area contributed by atoms with Gasteiger partial charge in [-0.25, -0.2) is 9.97 Å². The number of benzene rings is 1. The molecule has 3 nitrogen and oxygen atoms in total. The minimum atomic E-state index is -0.153. The number of rotatable bonds is 4. The molecule has 21 heavy (non-hydrogen) atoms. The quantitative estimate of drug-likeness (QED) is 0.607. The van der Waals surface area contributed by atoms with Gasteiger partial charge in [0.05, 0.1) is 21.4 Å². The second kappa shape index (κ2) is 5.95. The standard InChI is InChI=1S/C15H15Cl2N3S/c1-9(15-18-5-6-21-15)8-20-13-4-3-11(17)7-12(13)19-14(20)10(2)16/h3-7,9-10H,8H2,1-2H3. The zero-order valence-electron chi connectivity index (χ0n) is 11.8. The molecule has 3 aromatic rings. The Bertz CT molecular complexity index is 750. The number of hydrogen-bond acceptors (Lipinski definition) is 3. The Balaban J connectivity index is 2.05. The third kappa shape index (κ3) is 2.93. The van der Waals surface area contributed by atoms with E-state index in [0.29, 0.717) is 10.9 Å². The predicted molar refractivity (Wildman–Crippen MR) is 89.5 cm³/mol. The van der Waals surface area contributed by atoms with Gasteiger partial charge in [0.1, 0.15) is 5.82 Å². The van der Waals surface area contributed by atoms with Crippen LogP contribution in [0.2, 0.25) is 5.02 Å². The third-order valence-corrected chi connectivity index (χ3v) is 4.86. The second-order valence-electron chi connectivity index (χ2n) is 5.10. The molecule has 2 aromatic heterocycles. The highest BCUT2D eigenvalue weighted by atomic mass is 35.5. The van der Waals surface area contributed by atoms with Gasteiger partial charge in [0.15, 0.2) is 0 Å². The van der Waals surface area contributed by atoms with Crippen molar-refractivity contribution in [3.63, 3.8) is 0 Å². The summed E-state index contributed by atoms with van der Waals surface area (Å²) in [5.74, 6) is 1.18. The molecule has 1 aromatic carbocycles. The number of thiazole rings is 1. The number of halogens is 2. The van der Waals surface area contributed by atoms with Crippen LogP contribution in [0.4, 0.5) is 0 Å². The maximum atomic E-state index is 6.30. The van der Waals surface area contributed by atoms with Crippen LogP contribution < -0.4 is 0 Å². The van der Waals surface area contributed by atoms with Gasteiger partial charge in [-0.05, 0) is 25.1 Å². The van der Waals surface area contributed by atoms with Crippen LogP contribution in [0.5, 0.6) is 0 Å². The van der Waals surface area contributed by atoms with E-state index in [1.54, 1.807) is 11.3 Å². The van der Waals surface area contributed by atoms with E-state index in [4.69, 9.17) is 23.2 Å². The summed E-state index contributed by atoms with van der Waals surface area (Å²) >= 11 is 14.0. The van der Waals surface area contributed by atoms with E-state index in [-0.39, 0.29) is 5.38 Å². The first kappa shape index (κ1) is 14.8. The van der Waals surface area contributed by atoms with Gasteiger partial charge in [-0.3, -0.25) is 0 Å². The summed E-state index contributed by atoms with van der Waals surface area (Å²) in [6.07, 6.45) is 1.84. The van der Waals surface area contributed by atoms with E-state index in [2.05, 4.69) is 21.5 Å². The SMILES string of the molecule is CC(Cl)c1nc2cc(Cl)ccc2n1CC(C)c1nccs1. The van der Waals surface area contributed by atoms with Crippen molar-refractivity contribution in [3.05, 3.63) is 45.6 Å². The Morgan fingerprint density at radius 1 is 1.33 bits per heavy atom. The lowest BCUT2D eigenvalue weighted by Crippen LogP contribution is -2.10. The molecule has 0 saturated carbocycles. The molecule has 0 aliphatic carbocycles. The van der Waals surface area contributed by atoms with E-state index >= 15 is 0 Å². The van der Waals surface area contributed by atoms with E-state index in [9.17, 15) is 0 Å². The topological polar surface area (TPSA) is 30.7 Å². The first-order valence-corrected chi connectivity index (χ1v) is 8.45. The lowest BCUT2D eigenvalue weighted by Gasteiger charge is -2.14. The van der Waals surface area contributed by atoms with Crippen LogP contribution in [-0.4, -0.2) is 14.5 Å². The molecule has 0 aliphatic rings. The first-order chi connectivity index (χ1) is 10.1. The van der Waals surface area contributed by atoms with Gasteiger partial charge in [-0.15, -0.1) is 22.9 Å². The first-order valence-electron chi connectivity index (χ1n) is 6.75. The molecule has 0 radical (unpaired) electrons. The smallest absolute Gasteiger partial charge is 0.127 e. The Morgan fingerprint density at radius 2 is 2.14 bits per heavy atom. The van der Waals surface area contributed by atoms with Gasteiger partial charge in [0, 0.05) is 29.1 Å². The third-order valence-electron chi connectivity index (χ3n) is 3.43. The predicted octanol–water partition coefficient (Wildman–Crippen LogP) is 5.25. The summed E-state index contributed by atoms with van der Waals surface area (Å²) in [5.41, 5.74) is 1.95. The minimum absolute atomic E-state index is 0.153. The summed E-state index contributed by atoms with van der Waals surface area (Å²) < 4.78 is 2.18. The van der Waals surface area contributed by atoms with Crippen LogP contribution in [0, 0.1) is 0 Å². The van der Waals surface area contributed by atoms with Gasteiger partial charge in [-0.1, -0.05) is 18.5 Å². The number of aromatic nitrogens is 3. The Labute approximate surface area is 137 Å². The van der Waals surface area contributed by atoms with Crippen molar-refractivity contribution in [1.29, 1.82) is 0 Å². The van der Waals surface area contributed by atoms with Gasteiger partial charge in [0.25, 0.3) is 0 Å². The molecule has 0 N–H and O–H groups in total. The van der Waals surface area contributed by atoms with Crippen molar-refractivity contribution in [3.8, 4) is 0 Å². The van der Waals surface area contributed by atoms with Gasteiger partial charge >= 0.3 is 0 Å². The zero-order valence-corrected chi connectivity index (χ0v) is 14.1. The molecule has 0 saturated heterocycles. The monoisotopic (exact) mass is 339 g/mol. The molecule has 2 heterocycles. The highest BCUT2D eigenvalue weighted by molar-refractivity contribution is 7.09. The van der Waals surface area contributed by atoms with E-state index in [1.807, 2.05) is 36.7 Å². The van der Waals surface area contributed by atoms with Crippen molar-refractivity contribution >= 4 is 45.6 Å². The van der Waals surface area contributed by atoms with Crippen LogP contribution in [0.25, 0.3) is 11.0 Å². The minimum Gasteiger partial charge on any atom is -0.326 e. The maximum Gasteiger partial charge on any atom is 0.127 e. The number of alkyl halides is 1. The summed E-state index contributed by atoms with van der Waals surface area (Å²) in [5, 5.41) is 3.66. The van der Waals surface area contributed by atoms with E-state index in [1.165, 1.54) is 0 Å². The normalized spacial score (nSPS) is 14.5. The molecular weight excluding hydrogens is 325 g/mol. The van der Waals surface area contributed by atoms with Gasteiger partial charge in [0.2, 0.25) is 0 Å². The lowest BCUT2D eigenvalue weighted by molar-refractivity contribution is 0.583. The Kier molecular flexibility index (Phi) is 4.20. The molecule has 0 fully saturated rings. The fourth-order valence-corrected chi connectivity index (χ4v) is 3.47. The molecule has 0 amide bonds. The van der Waals surface area contributed by atoms with Crippen LogP contribution in [0.15, 0.2) is 29.8 Å². The van der Waals surface area contributed by atoms with Crippen LogP contribution in [0.3, 0.4) is 0 Å². The average Bonchev–Trinajstić information content (AvgIpc) is 3.06. The van der Waals surface area contributed by atoms with Gasteiger partial charge < -0.3 is 4.57 Å². The van der Waals surface area contributed by atoms with Crippen molar-refractivity contribution in [2.45, 2.75) is 31.7 Å². The van der Waals surface area contributed by atoms with Crippen LogP contribution >= 0.6 is 34.5 Å². The van der Waals surface area contributed by atoms with Crippen LogP contribution in [0.1, 0.15) is 36.0 Å². The van der Waals surface area contributed by atoms with Crippen molar-refractivity contribution < 1.29 is 0 Å².